The molecule has 0 radical (unpaired) electrons. The molecule has 0 spiro atoms. The predicted octanol–water partition coefficient (Wildman–Crippen LogP) is 8.79. The van der Waals surface area contributed by atoms with Gasteiger partial charge in [-0.2, -0.15) is 0 Å². The fourth-order valence-corrected chi connectivity index (χ4v) is 17.3. The van der Waals surface area contributed by atoms with Crippen LogP contribution in [0.1, 0.15) is 121 Å². The SMILES string of the molecule is CC(=O)O[C@]1(C(=O)CO)[C@H](C)CC2C3CCC4=CC(=O)C=C[C@]4(C)[C@@]3(F)[C@@H](O)C[C@@]21C.C[C@@H]1C[C@H]2[C@@H]3CCC4=CC(=O)C=C[C@]4(C)C3(Cl)[C@@H](OC(=O)c3ccco3)C[C@]2(C)[C@@]1(OC(=O)c1ccco1)C(=O)CCl. The minimum atomic E-state index is -2.02. The van der Waals surface area contributed by atoms with Gasteiger partial charge in [0.05, 0.1) is 29.4 Å². The number of furan rings is 2. The van der Waals surface area contributed by atoms with Gasteiger partial charge in [0.1, 0.15) is 12.7 Å². The van der Waals surface area contributed by atoms with Crippen molar-refractivity contribution in [1.29, 1.82) is 0 Å². The van der Waals surface area contributed by atoms with Crippen LogP contribution in [0.2, 0.25) is 0 Å². The molecule has 73 heavy (non-hydrogen) atoms. The molecule has 17 heteroatoms. The van der Waals surface area contributed by atoms with E-state index >= 15 is 4.39 Å². The maximum Gasteiger partial charge on any atom is 0.375 e. The van der Waals surface area contributed by atoms with Crippen LogP contribution >= 0.6 is 23.2 Å². The van der Waals surface area contributed by atoms with Gasteiger partial charge >= 0.3 is 17.9 Å². The van der Waals surface area contributed by atoms with E-state index in [0.717, 1.165) is 5.57 Å². The van der Waals surface area contributed by atoms with E-state index in [0.29, 0.717) is 44.1 Å². The fraction of sp³-hybridized carbons (Fsp3) is 0.589. The molecule has 392 valence electrons. The minimum Gasteiger partial charge on any atom is -0.457 e. The Bertz CT molecular complexity index is 2760. The Labute approximate surface area is 433 Å². The third kappa shape index (κ3) is 7.16. The topological polar surface area (TPSA) is 214 Å². The third-order valence-corrected chi connectivity index (χ3v) is 20.8. The van der Waals surface area contributed by atoms with Crippen LogP contribution in [0.4, 0.5) is 4.39 Å². The second kappa shape index (κ2) is 18.1. The normalized spacial score (nSPS) is 42.7. The van der Waals surface area contributed by atoms with Gasteiger partial charge in [-0.1, -0.05) is 57.9 Å². The van der Waals surface area contributed by atoms with Gasteiger partial charge in [0.25, 0.3) is 0 Å². The number of ketones is 4. The summed E-state index contributed by atoms with van der Waals surface area (Å²) in [6.45, 7) is 11.5. The summed E-state index contributed by atoms with van der Waals surface area (Å²) in [5.74, 6) is -6.10. The number of halogens is 3. The Kier molecular flexibility index (Phi) is 13.1. The molecule has 0 aromatic carbocycles. The quantitative estimate of drug-likeness (QED) is 0.137. The molecule has 2 aromatic heterocycles. The van der Waals surface area contributed by atoms with Gasteiger partial charge in [0, 0.05) is 46.3 Å². The van der Waals surface area contributed by atoms with Crippen molar-refractivity contribution in [3.05, 3.63) is 95.9 Å². The summed E-state index contributed by atoms with van der Waals surface area (Å²) in [4.78, 5) is 89.0. The van der Waals surface area contributed by atoms with Crippen molar-refractivity contribution in [3.63, 3.8) is 0 Å². The summed E-state index contributed by atoms with van der Waals surface area (Å²) < 4.78 is 45.9. The summed E-state index contributed by atoms with van der Waals surface area (Å²) >= 11 is 14.1. The Morgan fingerprint density at radius 3 is 1.78 bits per heavy atom. The highest BCUT2D eigenvalue weighted by molar-refractivity contribution is 6.29. The highest BCUT2D eigenvalue weighted by atomic mass is 35.5. The van der Waals surface area contributed by atoms with Crippen LogP contribution in [-0.4, -0.2) is 97.7 Å². The highest BCUT2D eigenvalue weighted by Crippen LogP contribution is 2.74. The standard InChI is InChI=1S/C32H32Cl2O8.C24H31FO6/c1-18-14-22-21-9-8-19-15-20(35)10-11-29(19,2)31(21,34)26(41-27(37)23-6-4-12-39-23)16-30(22,3)32(18,25(36)17-33)42-28(38)24-7-5-13-40-24;1-13-9-18-17-6-5-15-10-16(28)7-8-21(15,3)23(17,25)19(29)11-22(18,4)24(13,20(30)12-26)31-14(2)27/h4-7,10-13,15,18,21-22,26H,8-9,14,16-17H2,1-3H3;7-8,10,13,17-19,26,29H,5-6,9,11-12H2,1-4H3/t18-,21+,22+,26+,29+,30+,31?,32+;13-,17?,18?,19+,21+,22+,23+,24+/m11/s1. The third-order valence-electron chi connectivity index (χ3n) is 19.7. The first-order valence-electron chi connectivity index (χ1n) is 25.2. The number of Topliss-reactive ketones (excluding diaryl/α,β-unsaturated/α-hetero) is 2. The van der Waals surface area contributed by atoms with Gasteiger partial charge < -0.3 is 33.3 Å². The summed E-state index contributed by atoms with van der Waals surface area (Å²) in [5, 5.41) is 21.1. The molecule has 6 saturated carbocycles. The molecule has 10 rings (SSSR count). The van der Waals surface area contributed by atoms with Gasteiger partial charge in [-0.05, 0) is 125 Å². The molecule has 2 N–H and O–H groups in total. The number of aliphatic hydroxyl groups excluding tert-OH is 2. The number of alkyl halides is 3. The van der Waals surface area contributed by atoms with Crippen molar-refractivity contribution in [2.75, 3.05) is 12.5 Å². The average molecular weight is 1050 g/mol. The first-order valence-corrected chi connectivity index (χ1v) is 26.1. The minimum absolute atomic E-state index is 0.0114. The van der Waals surface area contributed by atoms with Crippen LogP contribution in [-0.2, 0) is 38.2 Å². The lowest BCUT2D eigenvalue weighted by Crippen LogP contribution is -2.70. The first kappa shape index (κ1) is 52.9. The van der Waals surface area contributed by atoms with E-state index in [1.165, 1.54) is 49.8 Å². The van der Waals surface area contributed by atoms with Crippen molar-refractivity contribution < 1.29 is 71.2 Å². The Morgan fingerprint density at radius 1 is 0.740 bits per heavy atom. The van der Waals surface area contributed by atoms with Gasteiger partial charge in [-0.25, -0.2) is 14.0 Å². The maximum absolute atomic E-state index is 17.1. The van der Waals surface area contributed by atoms with E-state index in [2.05, 4.69) is 0 Å². The highest BCUT2D eigenvalue weighted by Gasteiger charge is 2.79. The fourth-order valence-electron chi connectivity index (χ4n) is 16.5. The summed E-state index contributed by atoms with van der Waals surface area (Å²) in [6.07, 6.45) is 12.9. The molecule has 0 amide bonds. The van der Waals surface area contributed by atoms with E-state index in [1.54, 1.807) is 45.1 Å². The molecule has 0 bridgehead atoms. The van der Waals surface area contributed by atoms with E-state index in [-0.39, 0.29) is 59.6 Å². The second-order valence-corrected chi connectivity index (χ2v) is 23.6. The van der Waals surface area contributed by atoms with Crippen molar-refractivity contribution in [3.8, 4) is 0 Å². The Hall–Kier alpha value is -4.96. The molecular weight excluding hydrogens is 987 g/mol. The van der Waals surface area contributed by atoms with Crippen LogP contribution in [0, 0.1) is 57.2 Å². The van der Waals surface area contributed by atoms with E-state index in [4.69, 9.17) is 46.2 Å². The Balaban J connectivity index is 0.000000188. The number of carbonyl (C=O) groups excluding carboxylic acids is 7. The number of esters is 3. The monoisotopic (exact) mass is 1050 g/mol. The smallest absolute Gasteiger partial charge is 0.375 e. The molecule has 14 nitrogen and oxygen atoms in total. The molecular formula is C56H63Cl2FO14. The molecule has 3 unspecified atom stereocenters. The molecule has 0 saturated heterocycles. The molecule has 8 aliphatic rings. The maximum atomic E-state index is 17.1. The Morgan fingerprint density at radius 2 is 1.25 bits per heavy atom. The number of rotatable bonds is 9. The van der Waals surface area contributed by atoms with Crippen LogP contribution in [0.15, 0.2) is 93.2 Å². The average Bonchev–Trinajstić information content (AvgIpc) is 4.16. The van der Waals surface area contributed by atoms with Gasteiger partial charge in [0.15, 0.2) is 34.2 Å². The number of hydrogen-bond donors (Lipinski definition) is 2. The van der Waals surface area contributed by atoms with Gasteiger partial charge in [-0.15, -0.1) is 23.2 Å². The van der Waals surface area contributed by atoms with Gasteiger partial charge in [-0.3, -0.25) is 24.0 Å². The number of carbonyl (C=O) groups is 7. The predicted molar refractivity (Wildman–Crippen MR) is 262 cm³/mol. The molecule has 2 aromatic rings. The zero-order valence-electron chi connectivity index (χ0n) is 42.0. The van der Waals surface area contributed by atoms with Crippen LogP contribution in [0.3, 0.4) is 0 Å². The first-order chi connectivity index (χ1) is 34.3. The zero-order chi connectivity index (χ0) is 53.1. The van der Waals surface area contributed by atoms with E-state index in [9.17, 15) is 43.8 Å². The zero-order valence-corrected chi connectivity index (χ0v) is 43.6. The van der Waals surface area contributed by atoms with E-state index in [1.807, 2.05) is 26.8 Å². The molecule has 6 fully saturated rings. The van der Waals surface area contributed by atoms with Gasteiger partial charge in [0.2, 0.25) is 17.3 Å². The summed E-state index contributed by atoms with van der Waals surface area (Å²) in [6, 6.07) is 6.14. The number of allylic oxidation sites excluding steroid dienone is 8. The number of ether oxygens (including phenoxy) is 3. The molecule has 16 atom stereocenters. The lowest BCUT2D eigenvalue weighted by Gasteiger charge is -2.64. The number of fused-ring (bicyclic) bond motifs is 10. The summed E-state index contributed by atoms with van der Waals surface area (Å²) in [7, 11) is 0. The number of aliphatic hydroxyl groups is 2. The van der Waals surface area contributed by atoms with Crippen LogP contribution < -0.4 is 0 Å². The van der Waals surface area contributed by atoms with E-state index < -0.39 is 109 Å². The van der Waals surface area contributed by atoms with Crippen LogP contribution in [0.5, 0.6) is 0 Å². The van der Waals surface area contributed by atoms with Crippen molar-refractivity contribution in [2.45, 2.75) is 134 Å². The van der Waals surface area contributed by atoms with Crippen molar-refractivity contribution in [2.24, 2.45) is 57.2 Å². The lowest BCUT2D eigenvalue weighted by molar-refractivity contribution is -0.227. The second-order valence-electron chi connectivity index (χ2n) is 22.7. The lowest BCUT2D eigenvalue weighted by atomic mass is 9.44. The van der Waals surface area contributed by atoms with Crippen molar-refractivity contribution in [1.82, 2.24) is 0 Å². The van der Waals surface area contributed by atoms with Crippen molar-refractivity contribution >= 4 is 64.2 Å². The summed E-state index contributed by atoms with van der Waals surface area (Å²) in [5.41, 5.74) is -7.69. The largest absolute Gasteiger partial charge is 0.457 e. The number of hydrogen-bond acceptors (Lipinski definition) is 14. The molecule has 8 aliphatic carbocycles. The molecule has 2 heterocycles. The van der Waals surface area contributed by atoms with Crippen LogP contribution in [0.25, 0.3) is 0 Å². The molecule has 0 aliphatic heterocycles.